The van der Waals surface area contributed by atoms with E-state index in [1.165, 1.54) is 0 Å². The summed E-state index contributed by atoms with van der Waals surface area (Å²) in [5, 5.41) is 3.24. The Morgan fingerprint density at radius 1 is 1.22 bits per heavy atom. The minimum atomic E-state index is -0.0103. The minimum absolute atomic E-state index is 0.0103. The topological polar surface area (TPSA) is 55.1 Å². The molecule has 1 amide bonds. The van der Waals surface area contributed by atoms with Crippen LogP contribution in [0.4, 0.5) is 0 Å². The van der Waals surface area contributed by atoms with Crippen molar-refractivity contribution in [1.29, 1.82) is 0 Å². The number of nitrogens with two attached hydrogens (primary N) is 1. The minimum Gasteiger partial charge on any atom is -0.352 e. The second-order valence-corrected chi connectivity index (χ2v) is 7.04. The number of rotatable bonds is 2. The number of hydrogen-bond donors (Lipinski definition) is 2. The Morgan fingerprint density at radius 3 is 2.33 bits per heavy atom. The Bertz CT molecular complexity index is 355. The van der Waals surface area contributed by atoms with E-state index in [1.807, 2.05) is 0 Å². The largest absolute Gasteiger partial charge is 0.352 e. The van der Waals surface area contributed by atoms with Crippen molar-refractivity contribution in [3.8, 4) is 0 Å². The molecule has 0 aliphatic heterocycles. The van der Waals surface area contributed by atoms with E-state index >= 15 is 0 Å². The number of allylic oxidation sites excluding steroid dienone is 2. The Hall–Kier alpha value is -0.830. The normalized spacial score (nSPS) is 36.8. The molecule has 2 rings (SSSR count). The molecule has 0 aromatic carbocycles. The van der Waals surface area contributed by atoms with E-state index in [0.717, 1.165) is 19.3 Å². The lowest BCUT2D eigenvalue weighted by Gasteiger charge is -2.63. The van der Waals surface area contributed by atoms with E-state index in [1.54, 1.807) is 0 Å². The molecule has 0 saturated heterocycles. The number of hydrogen-bond acceptors (Lipinski definition) is 2. The number of carbonyl (C=O) groups is 1. The van der Waals surface area contributed by atoms with Crippen LogP contribution >= 0.6 is 0 Å². The van der Waals surface area contributed by atoms with Crippen molar-refractivity contribution in [2.75, 3.05) is 0 Å². The van der Waals surface area contributed by atoms with Gasteiger partial charge in [-0.1, -0.05) is 39.8 Å². The quantitative estimate of drug-likeness (QED) is 0.738. The molecule has 0 heterocycles. The summed E-state index contributed by atoms with van der Waals surface area (Å²) < 4.78 is 0. The third-order valence-electron chi connectivity index (χ3n) is 5.02. The summed E-state index contributed by atoms with van der Waals surface area (Å²) >= 11 is 0. The first-order chi connectivity index (χ1) is 8.28. The highest BCUT2D eigenvalue weighted by molar-refractivity contribution is 5.79. The molecule has 102 valence electrons. The fourth-order valence-electron chi connectivity index (χ4n) is 3.84. The molecule has 3 heteroatoms. The van der Waals surface area contributed by atoms with Gasteiger partial charge >= 0.3 is 0 Å². The van der Waals surface area contributed by atoms with Gasteiger partial charge in [0, 0.05) is 28.8 Å². The van der Waals surface area contributed by atoms with Crippen LogP contribution in [0.3, 0.4) is 0 Å². The smallest absolute Gasteiger partial charge is 0.223 e. The Kier molecular flexibility index (Phi) is 3.30. The van der Waals surface area contributed by atoms with Crippen LogP contribution < -0.4 is 11.1 Å². The molecule has 0 bridgehead atoms. The molecule has 1 fully saturated rings. The summed E-state index contributed by atoms with van der Waals surface area (Å²) in [5.74, 6) is 0.357. The Balaban J connectivity index is 2.01. The zero-order chi connectivity index (χ0) is 13.6. The molecular formula is C15H26N2O. The van der Waals surface area contributed by atoms with Gasteiger partial charge in [0.25, 0.3) is 0 Å². The van der Waals surface area contributed by atoms with Gasteiger partial charge in [-0.05, 0) is 19.3 Å². The number of amides is 1. The van der Waals surface area contributed by atoms with Crippen LogP contribution in [0.1, 0.15) is 47.0 Å². The molecule has 3 N–H and O–H groups in total. The maximum absolute atomic E-state index is 12.3. The van der Waals surface area contributed by atoms with E-state index in [-0.39, 0.29) is 34.7 Å². The highest BCUT2D eigenvalue weighted by Crippen LogP contribution is 2.52. The van der Waals surface area contributed by atoms with Gasteiger partial charge in [-0.2, -0.15) is 0 Å². The van der Waals surface area contributed by atoms with Crippen molar-refractivity contribution in [3.63, 3.8) is 0 Å². The van der Waals surface area contributed by atoms with Gasteiger partial charge in [0.1, 0.15) is 0 Å². The molecule has 0 spiro atoms. The molecule has 2 aliphatic rings. The molecule has 1 atom stereocenters. The molecular weight excluding hydrogens is 224 g/mol. The highest BCUT2D eigenvalue weighted by atomic mass is 16.2. The number of nitrogens with one attached hydrogen (secondary N) is 1. The monoisotopic (exact) mass is 250 g/mol. The molecule has 0 aromatic rings. The standard InChI is InChI=1S/C15H26N2O/c1-14(2)12(16)15(3,4)13(14)17-11(18)10-8-6-5-7-9-10/h5-6,10,12-13H,7-9,16H2,1-4H3,(H,17,18). The summed E-state index contributed by atoms with van der Waals surface area (Å²) in [5.41, 5.74) is 6.20. The van der Waals surface area contributed by atoms with E-state index in [2.05, 4.69) is 45.2 Å². The van der Waals surface area contributed by atoms with Crippen LogP contribution in [0.15, 0.2) is 12.2 Å². The zero-order valence-corrected chi connectivity index (χ0v) is 12.0. The van der Waals surface area contributed by atoms with Crippen LogP contribution in [0.2, 0.25) is 0 Å². The van der Waals surface area contributed by atoms with Crippen LogP contribution in [0, 0.1) is 16.7 Å². The fraction of sp³-hybridized carbons (Fsp3) is 0.800. The summed E-state index contributed by atoms with van der Waals surface area (Å²) in [6.45, 7) is 8.59. The van der Waals surface area contributed by atoms with E-state index in [0.29, 0.717) is 0 Å². The first-order valence-electron chi connectivity index (χ1n) is 6.99. The van der Waals surface area contributed by atoms with E-state index < -0.39 is 0 Å². The van der Waals surface area contributed by atoms with Crippen molar-refractivity contribution in [1.82, 2.24) is 5.32 Å². The lowest BCUT2D eigenvalue weighted by Crippen LogP contribution is -2.76. The summed E-state index contributed by atoms with van der Waals surface area (Å²) in [7, 11) is 0. The molecule has 1 unspecified atom stereocenters. The van der Waals surface area contributed by atoms with Crippen molar-refractivity contribution >= 4 is 5.91 Å². The molecule has 0 radical (unpaired) electrons. The average Bonchev–Trinajstić information content (AvgIpc) is 2.35. The first-order valence-corrected chi connectivity index (χ1v) is 6.99. The molecule has 18 heavy (non-hydrogen) atoms. The van der Waals surface area contributed by atoms with Crippen LogP contribution in [-0.2, 0) is 4.79 Å². The molecule has 0 aromatic heterocycles. The maximum Gasteiger partial charge on any atom is 0.223 e. The summed E-state index contributed by atoms with van der Waals surface area (Å²) in [6.07, 6.45) is 7.16. The first kappa shape index (κ1) is 13.6. The molecule has 1 saturated carbocycles. The zero-order valence-electron chi connectivity index (χ0n) is 12.0. The molecule has 3 nitrogen and oxygen atoms in total. The summed E-state index contributed by atoms with van der Waals surface area (Å²) in [4.78, 5) is 12.3. The second-order valence-electron chi connectivity index (χ2n) is 7.04. The van der Waals surface area contributed by atoms with Gasteiger partial charge in [0.2, 0.25) is 5.91 Å². The summed E-state index contributed by atoms with van der Waals surface area (Å²) in [6, 6.07) is 0.319. The molecule has 2 aliphatic carbocycles. The lowest BCUT2D eigenvalue weighted by molar-refractivity contribution is -0.136. The van der Waals surface area contributed by atoms with Crippen molar-refractivity contribution in [2.24, 2.45) is 22.5 Å². The van der Waals surface area contributed by atoms with Crippen molar-refractivity contribution in [2.45, 2.75) is 59.0 Å². The highest BCUT2D eigenvalue weighted by Gasteiger charge is 2.60. The predicted octanol–water partition coefficient (Wildman–Crippen LogP) is 2.22. The van der Waals surface area contributed by atoms with Crippen LogP contribution in [0.5, 0.6) is 0 Å². The van der Waals surface area contributed by atoms with Gasteiger partial charge in [-0.25, -0.2) is 0 Å². The van der Waals surface area contributed by atoms with Gasteiger partial charge in [-0.15, -0.1) is 0 Å². The van der Waals surface area contributed by atoms with E-state index in [4.69, 9.17) is 5.73 Å². The lowest BCUT2D eigenvalue weighted by atomic mass is 9.48. The second kappa shape index (κ2) is 4.37. The Labute approximate surface area is 110 Å². The van der Waals surface area contributed by atoms with Gasteiger partial charge in [0.15, 0.2) is 0 Å². The van der Waals surface area contributed by atoms with Crippen molar-refractivity contribution in [3.05, 3.63) is 12.2 Å². The Morgan fingerprint density at radius 2 is 1.83 bits per heavy atom. The SMILES string of the molecule is CC1(C)C(N)C(C)(C)C1NC(=O)C1CC=CCC1. The fourth-order valence-corrected chi connectivity index (χ4v) is 3.84. The average molecular weight is 250 g/mol. The van der Waals surface area contributed by atoms with Gasteiger partial charge < -0.3 is 11.1 Å². The van der Waals surface area contributed by atoms with E-state index in [9.17, 15) is 4.79 Å². The van der Waals surface area contributed by atoms with Crippen LogP contribution in [-0.4, -0.2) is 18.0 Å². The third-order valence-corrected chi connectivity index (χ3v) is 5.02. The van der Waals surface area contributed by atoms with Gasteiger partial charge in [0.05, 0.1) is 0 Å². The number of carbonyl (C=O) groups excluding carboxylic acids is 1. The van der Waals surface area contributed by atoms with Gasteiger partial charge in [-0.3, -0.25) is 4.79 Å². The third kappa shape index (κ3) is 1.99. The van der Waals surface area contributed by atoms with Crippen LogP contribution in [0.25, 0.3) is 0 Å². The van der Waals surface area contributed by atoms with Crippen molar-refractivity contribution < 1.29 is 4.79 Å². The maximum atomic E-state index is 12.3. The predicted molar refractivity (Wildman–Crippen MR) is 73.9 cm³/mol.